The van der Waals surface area contributed by atoms with Crippen LogP contribution in [0.4, 0.5) is 5.69 Å². The predicted molar refractivity (Wildman–Crippen MR) is 116 cm³/mol. The Kier molecular flexibility index (Phi) is 10.2. The Morgan fingerprint density at radius 3 is 2.15 bits per heavy atom. The van der Waals surface area contributed by atoms with Crippen molar-refractivity contribution in [1.82, 2.24) is 4.90 Å². The Bertz CT molecular complexity index is 672. The summed E-state index contributed by atoms with van der Waals surface area (Å²) < 4.78 is 5.82. The van der Waals surface area contributed by atoms with Crippen molar-refractivity contribution in [2.45, 2.75) is 13.3 Å². The fourth-order valence-electron chi connectivity index (χ4n) is 3.10. The van der Waals surface area contributed by atoms with Crippen LogP contribution in [-0.2, 0) is 0 Å². The Morgan fingerprint density at radius 2 is 1.56 bits per heavy atom. The van der Waals surface area contributed by atoms with E-state index in [1.54, 1.807) is 0 Å². The summed E-state index contributed by atoms with van der Waals surface area (Å²) in [6.07, 6.45) is 0.537. The number of nitrogens with zero attached hydrogens (tertiary/aromatic N) is 2. The van der Waals surface area contributed by atoms with Crippen LogP contribution in [0.15, 0.2) is 54.6 Å². The smallest absolute Gasteiger partial charge is 0.162 e. The van der Waals surface area contributed by atoms with Crippen molar-refractivity contribution in [2.75, 3.05) is 44.2 Å². The molecule has 6 heteroatoms. The molecule has 0 saturated carbocycles. The molecule has 0 bridgehead atoms. The van der Waals surface area contributed by atoms with E-state index in [1.165, 1.54) is 5.69 Å². The summed E-state index contributed by atoms with van der Waals surface area (Å²) in [5.41, 5.74) is 2.06. The van der Waals surface area contributed by atoms with Crippen LogP contribution in [0.25, 0.3) is 0 Å². The van der Waals surface area contributed by atoms with Crippen molar-refractivity contribution in [3.05, 3.63) is 60.2 Å². The molecule has 1 aliphatic rings. The number of hydrogen-bond donors (Lipinski definition) is 0. The summed E-state index contributed by atoms with van der Waals surface area (Å²) >= 11 is 0. The van der Waals surface area contributed by atoms with Crippen LogP contribution < -0.4 is 9.64 Å². The number of rotatable bonds is 7. The highest BCUT2D eigenvalue weighted by Crippen LogP contribution is 2.16. The van der Waals surface area contributed by atoms with Gasteiger partial charge in [-0.05, 0) is 36.4 Å². The van der Waals surface area contributed by atoms with Gasteiger partial charge in [0, 0.05) is 50.4 Å². The van der Waals surface area contributed by atoms with Gasteiger partial charge in [0.15, 0.2) is 5.78 Å². The number of piperazine rings is 1. The van der Waals surface area contributed by atoms with E-state index < -0.39 is 0 Å². The second kappa shape index (κ2) is 11.9. The molecule has 1 heterocycles. The lowest BCUT2D eigenvalue weighted by Gasteiger charge is -2.36. The highest BCUT2D eigenvalue weighted by molar-refractivity contribution is 5.95. The Morgan fingerprint density at radius 1 is 0.926 bits per heavy atom. The molecule has 0 atom stereocenters. The lowest BCUT2D eigenvalue weighted by Crippen LogP contribution is -2.47. The van der Waals surface area contributed by atoms with Gasteiger partial charge < -0.3 is 9.64 Å². The van der Waals surface area contributed by atoms with E-state index in [0.717, 1.165) is 44.0 Å². The number of benzene rings is 2. The molecule has 4 nitrogen and oxygen atoms in total. The van der Waals surface area contributed by atoms with Crippen LogP contribution >= 0.6 is 24.8 Å². The summed E-state index contributed by atoms with van der Waals surface area (Å²) in [7, 11) is 0. The number of ketones is 1. The van der Waals surface area contributed by atoms with E-state index in [4.69, 9.17) is 4.74 Å². The van der Waals surface area contributed by atoms with Gasteiger partial charge in [-0.2, -0.15) is 0 Å². The first-order valence-electron chi connectivity index (χ1n) is 9.04. The molecule has 27 heavy (non-hydrogen) atoms. The lowest BCUT2D eigenvalue weighted by molar-refractivity contribution is 0.0988. The van der Waals surface area contributed by atoms with Crippen LogP contribution in [0.3, 0.4) is 0 Å². The molecule has 0 unspecified atom stereocenters. The first kappa shape index (κ1) is 23.3. The lowest BCUT2D eigenvalue weighted by atomic mass is 10.1. The van der Waals surface area contributed by atoms with Crippen LogP contribution in [0.1, 0.15) is 23.7 Å². The third-order valence-electron chi connectivity index (χ3n) is 4.67. The van der Waals surface area contributed by atoms with Gasteiger partial charge in [0.05, 0.1) is 0 Å². The van der Waals surface area contributed by atoms with Crippen molar-refractivity contribution in [1.29, 1.82) is 0 Å². The number of carbonyl (C=O) groups is 1. The third-order valence-corrected chi connectivity index (χ3v) is 4.67. The van der Waals surface area contributed by atoms with E-state index in [-0.39, 0.29) is 30.6 Å². The zero-order valence-electron chi connectivity index (χ0n) is 15.7. The molecule has 0 spiro atoms. The van der Waals surface area contributed by atoms with Crippen molar-refractivity contribution in [2.24, 2.45) is 0 Å². The maximum Gasteiger partial charge on any atom is 0.162 e. The number of anilines is 1. The van der Waals surface area contributed by atoms with Gasteiger partial charge in [0.25, 0.3) is 0 Å². The molecule has 0 aliphatic carbocycles. The molecule has 1 aliphatic heterocycles. The molecule has 0 amide bonds. The quantitative estimate of drug-likeness (QED) is 0.636. The van der Waals surface area contributed by atoms with E-state index in [9.17, 15) is 4.79 Å². The van der Waals surface area contributed by atoms with Crippen molar-refractivity contribution >= 4 is 36.3 Å². The highest BCUT2D eigenvalue weighted by Gasteiger charge is 2.16. The SMILES string of the molecule is CCC(=O)c1ccc(OCCN2CCN(c3ccccc3)CC2)cc1.Cl.Cl. The summed E-state index contributed by atoms with van der Waals surface area (Å²) in [4.78, 5) is 16.5. The first-order valence-corrected chi connectivity index (χ1v) is 9.04. The maximum atomic E-state index is 11.6. The van der Waals surface area contributed by atoms with E-state index >= 15 is 0 Å². The van der Waals surface area contributed by atoms with Crippen molar-refractivity contribution in [3.63, 3.8) is 0 Å². The van der Waals surface area contributed by atoms with Gasteiger partial charge in [-0.25, -0.2) is 0 Å². The van der Waals surface area contributed by atoms with Crippen LogP contribution in [0.5, 0.6) is 5.75 Å². The third kappa shape index (κ3) is 6.73. The molecule has 0 aromatic heterocycles. The van der Waals surface area contributed by atoms with Gasteiger partial charge >= 0.3 is 0 Å². The standard InChI is InChI=1S/C21H26N2O2.2ClH/c1-2-21(24)18-8-10-20(11-9-18)25-17-16-22-12-14-23(15-13-22)19-6-4-3-5-7-19;;/h3-11H,2,12-17H2,1H3;2*1H. The van der Waals surface area contributed by atoms with Crippen LogP contribution in [0.2, 0.25) is 0 Å². The fourth-order valence-corrected chi connectivity index (χ4v) is 3.10. The number of carbonyl (C=O) groups excluding carboxylic acids is 1. The molecule has 1 fully saturated rings. The van der Waals surface area contributed by atoms with Gasteiger partial charge in [-0.15, -0.1) is 24.8 Å². The average Bonchev–Trinajstić information content (AvgIpc) is 2.69. The second-order valence-corrected chi connectivity index (χ2v) is 6.31. The normalized spacial score (nSPS) is 14.0. The number of para-hydroxylation sites is 1. The summed E-state index contributed by atoms with van der Waals surface area (Å²) in [5, 5.41) is 0. The van der Waals surface area contributed by atoms with Gasteiger partial charge in [-0.1, -0.05) is 25.1 Å². The Hall–Kier alpha value is -1.75. The Balaban J connectivity index is 0.00000182. The van der Waals surface area contributed by atoms with Gasteiger partial charge in [0.1, 0.15) is 12.4 Å². The molecule has 3 rings (SSSR count). The fraction of sp³-hybridized carbons (Fsp3) is 0.381. The predicted octanol–water partition coefficient (Wildman–Crippen LogP) is 4.32. The minimum atomic E-state index is 0. The van der Waals surface area contributed by atoms with Crippen molar-refractivity contribution in [3.8, 4) is 5.75 Å². The largest absolute Gasteiger partial charge is 0.492 e. The van der Waals surface area contributed by atoms with E-state index in [0.29, 0.717) is 13.0 Å². The molecule has 2 aromatic carbocycles. The molecular weight excluding hydrogens is 383 g/mol. The van der Waals surface area contributed by atoms with E-state index in [2.05, 4.69) is 40.1 Å². The molecule has 148 valence electrons. The summed E-state index contributed by atoms with van der Waals surface area (Å²) in [5.74, 6) is 0.999. The Labute approximate surface area is 174 Å². The van der Waals surface area contributed by atoms with Crippen molar-refractivity contribution < 1.29 is 9.53 Å². The maximum absolute atomic E-state index is 11.6. The van der Waals surface area contributed by atoms with Gasteiger partial charge in [0.2, 0.25) is 0 Å². The van der Waals surface area contributed by atoms with Crippen LogP contribution in [-0.4, -0.2) is 50.0 Å². The monoisotopic (exact) mass is 410 g/mol. The van der Waals surface area contributed by atoms with Crippen LogP contribution in [0, 0.1) is 0 Å². The summed E-state index contributed by atoms with van der Waals surface area (Å²) in [6, 6.07) is 18.1. The number of hydrogen-bond acceptors (Lipinski definition) is 4. The van der Waals surface area contributed by atoms with E-state index in [1.807, 2.05) is 31.2 Å². The molecule has 0 radical (unpaired) electrons. The zero-order chi connectivity index (χ0) is 17.5. The highest BCUT2D eigenvalue weighted by atomic mass is 35.5. The molecule has 0 N–H and O–H groups in total. The number of Topliss-reactive ketones (excluding diaryl/α,β-unsaturated/α-hetero) is 1. The minimum absolute atomic E-state index is 0. The summed E-state index contributed by atoms with van der Waals surface area (Å²) in [6.45, 7) is 7.70. The molecule has 2 aromatic rings. The topological polar surface area (TPSA) is 32.8 Å². The molecule has 1 saturated heterocycles. The first-order chi connectivity index (χ1) is 12.3. The minimum Gasteiger partial charge on any atom is -0.492 e. The number of ether oxygens (including phenoxy) is 1. The zero-order valence-corrected chi connectivity index (χ0v) is 17.3. The molecular formula is C21H28Cl2N2O2. The second-order valence-electron chi connectivity index (χ2n) is 6.31. The number of halogens is 2. The average molecular weight is 411 g/mol. The van der Waals surface area contributed by atoms with Gasteiger partial charge in [-0.3, -0.25) is 9.69 Å².